The van der Waals surface area contributed by atoms with E-state index in [9.17, 15) is 4.79 Å². The van der Waals surface area contributed by atoms with Crippen molar-refractivity contribution >= 4 is 39.2 Å². The number of thioether (sulfide) groups is 1. The summed E-state index contributed by atoms with van der Waals surface area (Å²) in [6.07, 6.45) is 2.58. The normalized spacial score (nSPS) is 16.4. The summed E-state index contributed by atoms with van der Waals surface area (Å²) in [6, 6.07) is 21.0. The highest BCUT2D eigenvalue weighted by molar-refractivity contribution is 8.00. The zero-order chi connectivity index (χ0) is 21.8. The topological polar surface area (TPSA) is 58.1 Å². The molecular weight excluding hydrogens is 436 g/mol. The van der Waals surface area contributed by atoms with Crippen LogP contribution < -0.4 is 5.32 Å². The first-order valence-electron chi connectivity index (χ1n) is 10.7. The van der Waals surface area contributed by atoms with E-state index in [1.165, 1.54) is 17.3 Å². The minimum atomic E-state index is 0.0600. The molecule has 0 saturated carbocycles. The standard InChI is InChI=1S/C25H24N4OS2/c30-22(28-20-11-12-29(14-20)13-18-7-3-1-4-8-18)16-32-25-23-21(19-9-5-2-6-10-19)15-31-24(23)26-17-27-25/h1-10,15,17,20H,11-14,16H2,(H,28,30). The van der Waals surface area contributed by atoms with E-state index in [1.54, 1.807) is 17.7 Å². The third-order valence-electron chi connectivity index (χ3n) is 5.65. The molecule has 1 amide bonds. The van der Waals surface area contributed by atoms with Gasteiger partial charge in [0.05, 0.1) is 11.1 Å². The summed E-state index contributed by atoms with van der Waals surface area (Å²) in [6.45, 7) is 2.84. The first-order valence-corrected chi connectivity index (χ1v) is 12.6. The SMILES string of the molecule is O=C(CSc1ncnc2scc(-c3ccccc3)c12)NC1CCN(Cc2ccccc2)C1. The summed E-state index contributed by atoms with van der Waals surface area (Å²) in [4.78, 5) is 25.0. The lowest BCUT2D eigenvalue weighted by Crippen LogP contribution is -2.38. The van der Waals surface area contributed by atoms with E-state index in [0.29, 0.717) is 5.75 Å². The molecule has 4 aromatic rings. The van der Waals surface area contributed by atoms with Crippen LogP contribution in [0.5, 0.6) is 0 Å². The molecule has 0 aliphatic carbocycles. The number of benzene rings is 2. The van der Waals surface area contributed by atoms with E-state index in [4.69, 9.17) is 0 Å². The van der Waals surface area contributed by atoms with Crippen LogP contribution >= 0.6 is 23.1 Å². The van der Waals surface area contributed by atoms with Crippen LogP contribution in [0.25, 0.3) is 21.3 Å². The maximum atomic E-state index is 12.7. The van der Waals surface area contributed by atoms with Gasteiger partial charge in [-0.3, -0.25) is 9.69 Å². The zero-order valence-electron chi connectivity index (χ0n) is 17.6. The molecule has 0 spiro atoms. The number of aromatic nitrogens is 2. The molecule has 1 unspecified atom stereocenters. The Morgan fingerprint density at radius 2 is 1.88 bits per heavy atom. The van der Waals surface area contributed by atoms with Gasteiger partial charge >= 0.3 is 0 Å². The molecule has 5 rings (SSSR count). The number of fused-ring (bicyclic) bond motifs is 1. The van der Waals surface area contributed by atoms with Crippen molar-refractivity contribution in [1.82, 2.24) is 20.2 Å². The van der Waals surface area contributed by atoms with E-state index >= 15 is 0 Å². The summed E-state index contributed by atoms with van der Waals surface area (Å²) in [5, 5.41) is 7.24. The number of likely N-dealkylation sites (tertiary alicyclic amines) is 1. The smallest absolute Gasteiger partial charge is 0.230 e. The number of hydrogen-bond acceptors (Lipinski definition) is 6. The monoisotopic (exact) mass is 460 g/mol. The third kappa shape index (κ3) is 4.85. The van der Waals surface area contributed by atoms with Crippen LogP contribution in [-0.4, -0.2) is 45.7 Å². The number of nitrogens with zero attached hydrogens (tertiary/aromatic N) is 3. The van der Waals surface area contributed by atoms with Gasteiger partial charge in [0.25, 0.3) is 0 Å². The molecule has 5 nitrogen and oxygen atoms in total. The lowest BCUT2D eigenvalue weighted by atomic mass is 10.1. The number of rotatable bonds is 7. The number of hydrogen-bond donors (Lipinski definition) is 1. The van der Waals surface area contributed by atoms with Gasteiger partial charge in [-0.1, -0.05) is 72.4 Å². The van der Waals surface area contributed by atoms with Crippen molar-refractivity contribution in [3.8, 4) is 11.1 Å². The van der Waals surface area contributed by atoms with Crippen molar-refractivity contribution in [3.63, 3.8) is 0 Å². The minimum Gasteiger partial charge on any atom is -0.351 e. The van der Waals surface area contributed by atoms with Gasteiger partial charge in [-0.15, -0.1) is 11.3 Å². The lowest BCUT2D eigenvalue weighted by Gasteiger charge is -2.16. The fourth-order valence-electron chi connectivity index (χ4n) is 4.13. The molecule has 1 aliphatic heterocycles. The quantitative estimate of drug-likeness (QED) is 0.316. The number of amides is 1. The molecule has 1 atom stereocenters. The predicted octanol–water partition coefficient (Wildman–Crippen LogP) is 4.84. The third-order valence-corrected chi connectivity index (χ3v) is 7.52. The molecule has 32 heavy (non-hydrogen) atoms. The Labute approximate surface area is 195 Å². The molecular formula is C25H24N4OS2. The fourth-order valence-corrected chi connectivity index (χ4v) is 5.93. The second-order valence-corrected chi connectivity index (χ2v) is 9.76. The van der Waals surface area contributed by atoms with Crippen LogP contribution in [0.2, 0.25) is 0 Å². The second kappa shape index (κ2) is 9.81. The molecule has 0 bridgehead atoms. The molecule has 0 radical (unpaired) electrons. The highest BCUT2D eigenvalue weighted by atomic mass is 32.2. The number of carbonyl (C=O) groups is 1. The highest BCUT2D eigenvalue weighted by Gasteiger charge is 2.24. The Morgan fingerprint density at radius 1 is 1.09 bits per heavy atom. The first-order chi connectivity index (χ1) is 15.8. The van der Waals surface area contributed by atoms with E-state index in [1.807, 2.05) is 24.3 Å². The molecule has 2 aromatic carbocycles. The number of thiophene rings is 1. The maximum absolute atomic E-state index is 12.7. The van der Waals surface area contributed by atoms with Crippen LogP contribution in [0.1, 0.15) is 12.0 Å². The summed E-state index contributed by atoms with van der Waals surface area (Å²) < 4.78 is 0. The van der Waals surface area contributed by atoms with Gasteiger partial charge in [0.2, 0.25) is 5.91 Å². The summed E-state index contributed by atoms with van der Waals surface area (Å²) in [5.74, 6) is 0.413. The van der Waals surface area contributed by atoms with E-state index in [-0.39, 0.29) is 11.9 Å². The maximum Gasteiger partial charge on any atom is 0.230 e. The Hall–Kier alpha value is -2.74. The molecule has 1 aliphatic rings. The second-order valence-electron chi connectivity index (χ2n) is 7.94. The van der Waals surface area contributed by atoms with Crippen molar-refractivity contribution in [3.05, 3.63) is 77.9 Å². The number of carbonyl (C=O) groups excluding carboxylic acids is 1. The molecule has 1 N–H and O–H groups in total. The van der Waals surface area contributed by atoms with Gasteiger partial charge in [0.15, 0.2) is 0 Å². The van der Waals surface area contributed by atoms with Crippen LogP contribution in [0.3, 0.4) is 0 Å². The Bertz CT molecular complexity index is 1200. The minimum absolute atomic E-state index is 0.0600. The average Bonchev–Trinajstić information content (AvgIpc) is 3.46. The molecule has 7 heteroatoms. The summed E-state index contributed by atoms with van der Waals surface area (Å²) >= 11 is 3.10. The van der Waals surface area contributed by atoms with Crippen molar-refractivity contribution in [1.29, 1.82) is 0 Å². The van der Waals surface area contributed by atoms with E-state index < -0.39 is 0 Å². The molecule has 3 heterocycles. The molecule has 1 saturated heterocycles. The molecule has 162 valence electrons. The lowest BCUT2D eigenvalue weighted by molar-refractivity contribution is -0.119. The van der Waals surface area contributed by atoms with Crippen molar-refractivity contribution < 1.29 is 4.79 Å². The molecule has 2 aromatic heterocycles. The Balaban J connectivity index is 1.20. The summed E-state index contributed by atoms with van der Waals surface area (Å²) in [7, 11) is 0. The Kier molecular flexibility index (Phi) is 6.48. The van der Waals surface area contributed by atoms with Crippen molar-refractivity contribution in [2.45, 2.75) is 24.0 Å². The fraction of sp³-hybridized carbons (Fsp3) is 0.240. The average molecular weight is 461 g/mol. The van der Waals surface area contributed by atoms with Crippen molar-refractivity contribution in [2.75, 3.05) is 18.8 Å². The van der Waals surface area contributed by atoms with Gasteiger partial charge in [-0.2, -0.15) is 0 Å². The van der Waals surface area contributed by atoms with E-state index in [2.05, 4.69) is 62.0 Å². The number of nitrogens with one attached hydrogen (secondary N) is 1. The highest BCUT2D eigenvalue weighted by Crippen LogP contribution is 2.37. The molecule has 1 fully saturated rings. The predicted molar refractivity (Wildman–Crippen MR) is 132 cm³/mol. The van der Waals surface area contributed by atoms with Crippen LogP contribution in [0.4, 0.5) is 0 Å². The van der Waals surface area contributed by atoms with Crippen LogP contribution in [0.15, 0.2) is 77.4 Å². The Morgan fingerprint density at radius 3 is 2.69 bits per heavy atom. The van der Waals surface area contributed by atoms with Gasteiger partial charge in [-0.05, 0) is 17.5 Å². The van der Waals surface area contributed by atoms with Gasteiger partial charge in [0.1, 0.15) is 16.2 Å². The largest absolute Gasteiger partial charge is 0.351 e. The van der Waals surface area contributed by atoms with Crippen molar-refractivity contribution in [2.24, 2.45) is 0 Å². The van der Waals surface area contributed by atoms with Gasteiger partial charge in [-0.25, -0.2) is 9.97 Å². The summed E-state index contributed by atoms with van der Waals surface area (Å²) in [5.41, 5.74) is 3.58. The van der Waals surface area contributed by atoms with E-state index in [0.717, 1.165) is 52.4 Å². The zero-order valence-corrected chi connectivity index (χ0v) is 19.2. The first kappa shape index (κ1) is 21.1. The van der Waals surface area contributed by atoms with Crippen LogP contribution in [0, 0.1) is 0 Å². The van der Waals surface area contributed by atoms with Gasteiger partial charge in [0, 0.05) is 36.6 Å². The van der Waals surface area contributed by atoms with Crippen LogP contribution in [-0.2, 0) is 11.3 Å². The van der Waals surface area contributed by atoms with Gasteiger partial charge < -0.3 is 5.32 Å².